The molecule has 0 aliphatic carbocycles. The number of hydrogen-bond donors (Lipinski definition) is 2. The van der Waals surface area contributed by atoms with Gasteiger partial charge in [0, 0.05) is 32.1 Å². The summed E-state index contributed by atoms with van der Waals surface area (Å²) in [6, 6.07) is 3.36. The summed E-state index contributed by atoms with van der Waals surface area (Å²) in [6.07, 6.45) is 0.353. The first kappa shape index (κ1) is 13.6. The van der Waals surface area contributed by atoms with Gasteiger partial charge in [0.25, 0.3) is 0 Å². The van der Waals surface area contributed by atoms with Gasteiger partial charge in [-0.1, -0.05) is 0 Å². The van der Waals surface area contributed by atoms with Crippen LogP contribution in [0.5, 0.6) is 0 Å². The quantitative estimate of drug-likeness (QED) is 0.744. The van der Waals surface area contributed by atoms with Gasteiger partial charge in [-0.3, -0.25) is 4.79 Å². The van der Waals surface area contributed by atoms with Gasteiger partial charge in [-0.25, -0.2) is 8.78 Å². The van der Waals surface area contributed by atoms with Gasteiger partial charge in [-0.2, -0.15) is 0 Å². The van der Waals surface area contributed by atoms with E-state index in [0.717, 1.165) is 6.07 Å². The number of rotatable bonds is 6. The maximum atomic E-state index is 12.8. The summed E-state index contributed by atoms with van der Waals surface area (Å²) in [7, 11) is 0. The Balaban J connectivity index is 2.28. The van der Waals surface area contributed by atoms with E-state index in [9.17, 15) is 13.6 Å². The lowest BCUT2D eigenvalue weighted by molar-refractivity contribution is -0.120. The smallest absolute Gasteiger partial charge is 0.221 e. The van der Waals surface area contributed by atoms with E-state index in [1.807, 2.05) is 6.92 Å². The van der Waals surface area contributed by atoms with Gasteiger partial charge in [0.1, 0.15) is 11.6 Å². The highest BCUT2D eigenvalue weighted by Crippen LogP contribution is 2.07. The highest BCUT2D eigenvalue weighted by Gasteiger charge is 2.01. The molecule has 0 aromatic heterocycles. The minimum Gasteiger partial charge on any atom is -0.356 e. The Kier molecular flexibility index (Phi) is 5.56. The predicted molar refractivity (Wildman–Crippen MR) is 61.4 cm³/mol. The standard InChI is InChI=1S/C12H16F2N2O/c1-2-16-12(17)3-4-15-8-9-5-10(13)7-11(14)6-9/h5-7,15H,2-4,8H2,1H3,(H,16,17). The van der Waals surface area contributed by atoms with E-state index in [1.54, 1.807) is 0 Å². The van der Waals surface area contributed by atoms with Crippen molar-refractivity contribution in [2.45, 2.75) is 19.9 Å². The van der Waals surface area contributed by atoms with Crippen LogP contribution in [0.25, 0.3) is 0 Å². The molecule has 0 unspecified atom stereocenters. The number of amides is 1. The zero-order valence-corrected chi connectivity index (χ0v) is 9.72. The van der Waals surface area contributed by atoms with Crippen molar-refractivity contribution in [1.82, 2.24) is 10.6 Å². The summed E-state index contributed by atoms with van der Waals surface area (Å²) in [4.78, 5) is 11.1. The Bertz CT molecular complexity index is 363. The van der Waals surface area contributed by atoms with Crippen molar-refractivity contribution in [2.75, 3.05) is 13.1 Å². The average molecular weight is 242 g/mol. The largest absolute Gasteiger partial charge is 0.356 e. The lowest BCUT2D eigenvalue weighted by Gasteiger charge is -2.05. The second-order valence-corrected chi connectivity index (χ2v) is 3.66. The van der Waals surface area contributed by atoms with Gasteiger partial charge >= 0.3 is 0 Å². The molecular formula is C12H16F2N2O. The van der Waals surface area contributed by atoms with Gasteiger partial charge in [-0.05, 0) is 24.6 Å². The summed E-state index contributed by atoms with van der Waals surface area (Å²) in [5, 5.41) is 5.61. The van der Waals surface area contributed by atoms with Gasteiger partial charge in [0.15, 0.2) is 0 Å². The van der Waals surface area contributed by atoms with E-state index in [4.69, 9.17) is 0 Å². The topological polar surface area (TPSA) is 41.1 Å². The van der Waals surface area contributed by atoms with Crippen LogP contribution in [0.3, 0.4) is 0 Å². The summed E-state index contributed by atoms with van der Waals surface area (Å²) in [5.41, 5.74) is 0.526. The van der Waals surface area contributed by atoms with Crippen LogP contribution < -0.4 is 10.6 Å². The van der Waals surface area contributed by atoms with Crippen molar-refractivity contribution >= 4 is 5.91 Å². The molecule has 0 atom stereocenters. The molecule has 1 rings (SSSR count). The van der Waals surface area contributed by atoms with Crippen LogP contribution in [0.2, 0.25) is 0 Å². The first-order chi connectivity index (χ1) is 8.11. The Morgan fingerprint density at radius 2 is 1.88 bits per heavy atom. The number of carbonyl (C=O) groups excluding carboxylic acids is 1. The highest BCUT2D eigenvalue weighted by molar-refractivity contribution is 5.75. The summed E-state index contributed by atoms with van der Waals surface area (Å²) in [6.45, 7) is 3.27. The molecule has 1 amide bonds. The molecule has 2 N–H and O–H groups in total. The molecule has 0 fully saturated rings. The molecule has 0 saturated heterocycles. The van der Waals surface area contributed by atoms with Crippen LogP contribution in [-0.4, -0.2) is 19.0 Å². The molecule has 0 aliphatic rings. The van der Waals surface area contributed by atoms with Crippen molar-refractivity contribution < 1.29 is 13.6 Å². The molecule has 3 nitrogen and oxygen atoms in total. The molecule has 0 radical (unpaired) electrons. The summed E-state index contributed by atoms with van der Waals surface area (Å²) < 4.78 is 25.7. The van der Waals surface area contributed by atoms with Gasteiger partial charge in [-0.15, -0.1) is 0 Å². The summed E-state index contributed by atoms with van der Waals surface area (Å²) in [5.74, 6) is -1.22. The molecule has 5 heteroatoms. The first-order valence-corrected chi connectivity index (χ1v) is 5.54. The van der Waals surface area contributed by atoms with Crippen LogP contribution in [0.4, 0.5) is 8.78 Å². The fourth-order valence-electron chi connectivity index (χ4n) is 1.43. The molecule has 0 spiro atoms. The third-order valence-corrected chi connectivity index (χ3v) is 2.15. The fraction of sp³-hybridized carbons (Fsp3) is 0.417. The van der Waals surface area contributed by atoms with Crippen molar-refractivity contribution in [2.24, 2.45) is 0 Å². The lowest BCUT2D eigenvalue weighted by atomic mass is 10.2. The fourth-order valence-corrected chi connectivity index (χ4v) is 1.43. The third kappa shape index (κ3) is 5.40. The van der Waals surface area contributed by atoms with E-state index in [2.05, 4.69) is 10.6 Å². The van der Waals surface area contributed by atoms with Crippen LogP contribution in [0.15, 0.2) is 18.2 Å². The lowest BCUT2D eigenvalue weighted by Crippen LogP contribution is -2.27. The van der Waals surface area contributed by atoms with E-state index >= 15 is 0 Å². The van der Waals surface area contributed by atoms with Crippen LogP contribution >= 0.6 is 0 Å². The van der Waals surface area contributed by atoms with Crippen LogP contribution in [-0.2, 0) is 11.3 Å². The van der Waals surface area contributed by atoms with Crippen molar-refractivity contribution in [3.63, 3.8) is 0 Å². The third-order valence-electron chi connectivity index (χ3n) is 2.15. The monoisotopic (exact) mass is 242 g/mol. The van der Waals surface area contributed by atoms with E-state index in [0.29, 0.717) is 31.6 Å². The van der Waals surface area contributed by atoms with Gasteiger partial charge in [0.05, 0.1) is 0 Å². The molecule has 0 aliphatic heterocycles. The van der Waals surface area contributed by atoms with E-state index in [1.165, 1.54) is 12.1 Å². The zero-order chi connectivity index (χ0) is 12.7. The maximum Gasteiger partial charge on any atom is 0.221 e. The first-order valence-electron chi connectivity index (χ1n) is 5.54. The predicted octanol–water partition coefficient (Wildman–Crippen LogP) is 1.58. The number of nitrogens with one attached hydrogen (secondary N) is 2. The molecular weight excluding hydrogens is 226 g/mol. The zero-order valence-electron chi connectivity index (χ0n) is 9.72. The number of benzene rings is 1. The number of halogens is 2. The normalized spacial score (nSPS) is 10.3. The second kappa shape index (κ2) is 6.96. The highest BCUT2D eigenvalue weighted by atomic mass is 19.1. The molecule has 0 heterocycles. The molecule has 94 valence electrons. The maximum absolute atomic E-state index is 12.8. The SMILES string of the molecule is CCNC(=O)CCNCc1cc(F)cc(F)c1. The summed E-state index contributed by atoms with van der Waals surface area (Å²) >= 11 is 0. The Labute approximate surface area is 99.2 Å². The number of hydrogen-bond acceptors (Lipinski definition) is 2. The van der Waals surface area contributed by atoms with Crippen molar-refractivity contribution in [3.8, 4) is 0 Å². The Hall–Kier alpha value is -1.49. The number of carbonyl (C=O) groups is 1. The van der Waals surface area contributed by atoms with Crippen LogP contribution in [0.1, 0.15) is 18.9 Å². The van der Waals surface area contributed by atoms with E-state index < -0.39 is 11.6 Å². The average Bonchev–Trinajstić information content (AvgIpc) is 2.23. The molecule has 0 saturated carbocycles. The van der Waals surface area contributed by atoms with Crippen molar-refractivity contribution in [1.29, 1.82) is 0 Å². The van der Waals surface area contributed by atoms with Gasteiger partial charge in [0.2, 0.25) is 5.91 Å². The Morgan fingerprint density at radius 3 is 2.47 bits per heavy atom. The Morgan fingerprint density at radius 1 is 1.24 bits per heavy atom. The minimum atomic E-state index is -0.592. The molecule has 1 aromatic rings. The minimum absolute atomic E-state index is 0.0366. The second-order valence-electron chi connectivity index (χ2n) is 3.66. The van der Waals surface area contributed by atoms with Gasteiger partial charge < -0.3 is 10.6 Å². The van der Waals surface area contributed by atoms with E-state index in [-0.39, 0.29) is 5.91 Å². The van der Waals surface area contributed by atoms with Crippen LogP contribution in [0, 0.1) is 11.6 Å². The molecule has 1 aromatic carbocycles. The molecule has 0 bridgehead atoms. The molecule has 17 heavy (non-hydrogen) atoms. The van der Waals surface area contributed by atoms with Crippen molar-refractivity contribution in [3.05, 3.63) is 35.4 Å².